The molecule has 0 unspecified atom stereocenters. The van der Waals surface area contributed by atoms with Gasteiger partial charge in [0.2, 0.25) is 0 Å². The molecule has 0 aliphatic carbocycles. The Morgan fingerprint density at radius 2 is 2.06 bits per heavy atom. The molecule has 0 radical (unpaired) electrons. The first-order valence-corrected chi connectivity index (χ1v) is 4.94. The Kier molecular flexibility index (Phi) is 3.09. The zero-order chi connectivity index (χ0) is 12.3. The molecule has 0 amide bonds. The topological polar surface area (TPSA) is 62.3 Å². The molecule has 1 aromatic carbocycles. The summed E-state index contributed by atoms with van der Waals surface area (Å²) in [7, 11) is 0. The van der Waals surface area contributed by atoms with Gasteiger partial charge in [-0.05, 0) is 30.3 Å². The van der Waals surface area contributed by atoms with Crippen LogP contribution >= 0.6 is 0 Å². The number of hydrogen-bond acceptors (Lipinski definition) is 2. The van der Waals surface area contributed by atoms with Crippen LogP contribution in [0.1, 0.15) is 16.1 Å². The Morgan fingerprint density at radius 3 is 2.65 bits per heavy atom. The summed E-state index contributed by atoms with van der Waals surface area (Å²) in [4.78, 5) is 13.2. The molecule has 0 aliphatic rings. The van der Waals surface area contributed by atoms with Crippen LogP contribution in [0.5, 0.6) is 5.75 Å². The maximum Gasteiger partial charge on any atom is 0.352 e. The lowest BCUT2D eigenvalue weighted by atomic mass is 10.3. The molecule has 17 heavy (non-hydrogen) atoms. The summed E-state index contributed by atoms with van der Waals surface area (Å²) in [5.41, 5.74) is 0.828. The maximum absolute atomic E-state index is 12.6. The first-order valence-electron chi connectivity index (χ1n) is 4.94. The number of aromatic carboxylic acids is 1. The van der Waals surface area contributed by atoms with Gasteiger partial charge in [-0.2, -0.15) is 0 Å². The number of halogens is 1. The van der Waals surface area contributed by atoms with Crippen molar-refractivity contribution in [1.82, 2.24) is 4.98 Å². The van der Waals surface area contributed by atoms with Crippen molar-refractivity contribution in [2.75, 3.05) is 0 Å². The number of ether oxygens (including phenoxy) is 1. The van der Waals surface area contributed by atoms with Crippen LogP contribution in [0.3, 0.4) is 0 Å². The van der Waals surface area contributed by atoms with Gasteiger partial charge in [-0.1, -0.05) is 0 Å². The highest BCUT2D eigenvalue weighted by Crippen LogP contribution is 2.13. The molecular weight excluding hydrogens is 225 g/mol. The lowest BCUT2D eigenvalue weighted by Gasteiger charge is -2.03. The number of carbonyl (C=O) groups is 1. The highest BCUT2D eigenvalue weighted by molar-refractivity contribution is 5.85. The van der Waals surface area contributed by atoms with Crippen molar-refractivity contribution >= 4 is 5.97 Å². The third-order valence-corrected chi connectivity index (χ3v) is 2.19. The maximum atomic E-state index is 12.6. The number of rotatable bonds is 4. The smallest absolute Gasteiger partial charge is 0.352 e. The van der Waals surface area contributed by atoms with Gasteiger partial charge in [-0.3, -0.25) is 0 Å². The van der Waals surface area contributed by atoms with Gasteiger partial charge in [0.05, 0.1) is 0 Å². The third-order valence-electron chi connectivity index (χ3n) is 2.19. The number of hydrogen-bond donors (Lipinski definition) is 2. The molecule has 1 aromatic heterocycles. The van der Waals surface area contributed by atoms with Gasteiger partial charge in [0.15, 0.2) is 0 Å². The average molecular weight is 235 g/mol. The predicted molar refractivity (Wildman–Crippen MR) is 58.5 cm³/mol. The van der Waals surface area contributed by atoms with Crippen LogP contribution in [0.25, 0.3) is 0 Å². The van der Waals surface area contributed by atoms with Crippen LogP contribution in [-0.2, 0) is 6.61 Å². The zero-order valence-corrected chi connectivity index (χ0v) is 8.81. The van der Waals surface area contributed by atoms with Crippen molar-refractivity contribution < 1.29 is 19.0 Å². The zero-order valence-electron chi connectivity index (χ0n) is 8.81. The van der Waals surface area contributed by atoms with Crippen molar-refractivity contribution in [3.63, 3.8) is 0 Å². The molecule has 0 spiro atoms. The first kappa shape index (κ1) is 11.2. The van der Waals surface area contributed by atoms with Crippen LogP contribution in [-0.4, -0.2) is 16.1 Å². The Labute approximate surface area is 96.7 Å². The lowest BCUT2D eigenvalue weighted by Crippen LogP contribution is -1.96. The number of carboxylic acids is 1. The first-order chi connectivity index (χ1) is 8.15. The molecule has 0 aliphatic heterocycles. The number of aromatic amines is 1. The predicted octanol–water partition coefficient (Wildman–Crippen LogP) is 2.43. The van der Waals surface area contributed by atoms with E-state index < -0.39 is 5.97 Å². The molecule has 1 heterocycles. The van der Waals surface area contributed by atoms with E-state index in [1.165, 1.54) is 30.3 Å². The second-order valence-electron chi connectivity index (χ2n) is 3.47. The van der Waals surface area contributed by atoms with Crippen molar-refractivity contribution in [2.24, 2.45) is 0 Å². The fourth-order valence-corrected chi connectivity index (χ4v) is 1.34. The van der Waals surface area contributed by atoms with Gasteiger partial charge < -0.3 is 14.8 Å². The average Bonchev–Trinajstić information content (AvgIpc) is 2.77. The van der Waals surface area contributed by atoms with E-state index in [4.69, 9.17) is 9.84 Å². The number of nitrogens with one attached hydrogen (secondary N) is 1. The molecule has 0 atom stereocenters. The van der Waals surface area contributed by atoms with Gasteiger partial charge in [0, 0.05) is 11.8 Å². The summed E-state index contributed by atoms with van der Waals surface area (Å²) in [5, 5.41) is 8.70. The fraction of sp³-hybridized carbons (Fsp3) is 0.0833. The third kappa shape index (κ3) is 2.84. The van der Waals surface area contributed by atoms with Gasteiger partial charge in [-0.15, -0.1) is 0 Å². The van der Waals surface area contributed by atoms with Gasteiger partial charge in [0.1, 0.15) is 23.9 Å². The molecule has 88 valence electrons. The SMILES string of the molecule is O=C(O)c1cc(COc2ccc(F)cc2)c[nH]1. The Balaban J connectivity index is 1.97. The van der Waals surface area contributed by atoms with Crippen LogP contribution < -0.4 is 4.74 Å². The van der Waals surface area contributed by atoms with E-state index in [2.05, 4.69) is 4.98 Å². The summed E-state index contributed by atoms with van der Waals surface area (Å²) in [5.74, 6) is -0.810. The molecule has 2 rings (SSSR count). The van der Waals surface area contributed by atoms with Crippen molar-refractivity contribution in [1.29, 1.82) is 0 Å². The monoisotopic (exact) mass is 235 g/mol. The summed E-state index contributed by atoms with van der Waals surface area (Å²) < 4.78 is 18.0. The summed E-state index contributed by atoms with van der Waals surface area (Å²) in [6, 6.07) is 7.12. The fourth-order valence-electron chi connectivity index (χ4n) is 1.34. The Bertz CT molecular complexity index is 519. The van der Waals surface area contributed by atoms with Crippen molar-refractivity contribution in [3.8, 4) is 5.75 Å². The Morgan fingerprint density at radius 1 is 1.35 bits per heavy atom. The molecular formula is C12H10FNO3. The highest BCUT2D eigenvalue weighted by atomic mass is 19.1. The molecule has 2 N–H and O–H groups in total. The minimum absolute atomic E-state index is 0.114. The quantitative estimate of drug-likeness (QED) is 0.855. The molecule has 0 saturated carbocycles. The lowest BCUT2D eigenvalue weighted by molar-refractivity contribution is 0.0691. The van der Waals surface area contributed by atoms with Crippen LogP contribution in [0.4, 0.5) is 4.39 Å². The van der Waals surface area contributed by atoms with E-state index in [1.807, 2.05) is 0 Å². The summed E-state index contributed by atoms with van der Waals surface area (Å²) in [6.45, 7) is 0.232. The molecule has 2 aromatic rings. The normalized spacial score (nSPS) is 10.2. The largest absolute Gasteiger partial charge is 0.489 e. The number of benzene rings is 1. The van der Waals surface area contributed by atoms with E-state index in [9.17, 15) is 9.18 Å². The summed E-state index contributed by atoms with van der Waals surface area (Å²) in [6.07, 6.45) is 1.56. The molecule has 5 heteroatoms. The number of aromatic nitrogens is 1. The second kappa shape index (κ2) is 4.69. The minimum Gasteiger partial charge on any atom is -0.489 e. The minimum atomic E-state index is -1.02. The van der Waals surface area contributed by atoms with Crippen LogP contribution in [0.15, 0.2) is 36.5 Å². The van der Waals surface area contributed by atoms with E-state index in [0.29, 0.717) is 11.3 Å². The van der Waals surface area contributed by atoms with E-state index in [0.717, 1.165) is 0 Å². The van der Waals surface area contributed by atoms with Crippen LogP contribution in [0, 0.1) is 5.82 Å². The molecule has 4 nitrogen and oxygen atoms in total. The van der Waals surface area contributed by atoms with Gasteiger partial charge in [0.25, 0.3) is 0 Å². The van der Waals surface area contributed by atoms with Crippen molar-refractivity contribution in [2.45, 2.75) is 6.61 Å². The molecule has 0 saturated heterocycles. The standard InChI is InChI=1S/C12H10FNO3/c13-9-1-3-10(4-2-9)17-7-8-5-11(12(15)16)14-6-8/h1-6,14H,7H2,(H,15,16). The molecule has 0 fully saturated rings. The number of carboxylic acid groups (broad SMARTS) is 1. The van der Waals surface area contributed by atoms with Crippen LogP contribution in [0.2, 0.25) is 0 Å². The van der Waals surface area contributed by atoms with E-state index in [1.54, 1.807) is 6.20 Å². The van der Waals surface area contributed by atoms with E-state index >= 15 is 0 Å². The Hall–Kier alpha value is -2.30. The highest BCUT2D eigenvalue weighted by Gasteiger charge is 2.06. The van der Waals surface area contributed by atoms with Crippen molar-refractivity contribution in [3.05, 3.63) is 53.6 Å². The summed E-state index contributed by atoms with van der Waals surface area (Å²) >= 11 is 0. The second-order valence-corrected chi connectivity index (χ2v) is 3.47. The van der Waals surface area contributed by atoms with Gasteiger partial charge >= 0.3 is 5.97 Å². The number of H-pyrrole nitrogens is 1. The molecule has 0 bridgehead atoms. The van der Waals surface area contributed by atoms with Gasteiger partial charge in [-0.25, -0.2) is 9.18 Å². The van der Waals surface area contributed by atoms with E-state index in [-0.39, 0.29) is 18.1 Å².